The molecule has 2 aromatic carbocycles. The Morgan fingerprint density at radius 1 is 1.07 bits per heavy atom. The Morgan fingerprint density at radius 3 is 2.50 bits per heavy atom. The summed E-state index contributed by atoms with van der Waals surface area (Å²) in [6, 6.07) is 16.9. The third kappa shape index (κ3) is 3.50. The number of hydrogen-bond acceptors (Lipinski definition) is 4. The third-order valence-electron chi connectivity index (χ3n) is 5.18. The molecule has 0 unspecified atom stereocenters. The SMILES string of the molecule is CCN(Cc1nc2ccccc2c(=O)[nH]1)C(=O)c1c(C)nn(-c2ccccc2)c1C. The fourth-order valence-corrected chi connectivity index (χ4v) is 3.65. The van der Waals surface area contributed by atoms with E-state index < -0.39 is 0 Å². The lowest BCUT2D eigenvalue weighted by Gasteiger charge is -2.20. The first kappa shape index (κ1) is 19.6. The van der Waals surface area contributed by atoms with Gasteiger partial charge in [-0.3, -0.25) is 9.59 Å². The van der Waals surface area contributed by atoms with E-state index in [0.29, 0.717) is 34.5 Å². The zero-order chi connectivity index (χ0) is 21.3. The first-order valence-corrected chi connectivity index (χ1v) is 9.88. The first-order valence-electron chi connectivity index (χ1n) is 9.88. The van der Waals surface area contributed by atoms with E-state index in [0.717, 1.165) is 11.4 Å². The molecule has 0 aliphatic carbocycles. The van der Waals surface area contributed by atoms with Crippen molar-refractivity contribution in [3.63, 3.8) is 0 Å². The number of nitrogens with zero attached hydrogens (tertiary/aromatic N) is 4. The monoisotopic (exact) mass is 401 g/mol. The van der Waals surface area contributed by atoms with Crippen LogP contribution in [0.15, 0.2) is 59.4 Å². The molecule has 7 heteroatoms. The number of fused-ring (bicyclic) bond motifs is 1. The van der Waals surface area contributed by atoms with E-state index >= 15 is 0 Å². The Morgan fingerprint density at radius 2 is 1.77 bits per heavy atom. The Bertz CT molecular complexity index is 1270. The second kappa shape index (κ2) is 7.94. The molecule has 2 heterocycles. The lowest BCUT2D eigenvalue weighted by molar-refractivity contribution is 0.0747. The predicted octanol–water partition coefficient (Wildman–Crippen LogP) is 3.39. The van der Waals surface area contributed by atoms with Crippen LogP contribution in [0.1, 0.15) is 34.5 Å². The Hall–Kier alpha value is -3.74. The molecule has 152 valence electrons. The van der Waals surface area contributed by atoms with E-state index in [1.807, 2.05) is 57.2 Å². The number of carbonyl (C=O) groups excluding carboxylic acids is 1. The van der Waals surface area contributed by atoms with Crippen LogP contribution < -0.4 is 5.56 Å². The van der Waals surface area contributed by atoms with Crippen LogP contribution >= 0.6 is 0 Å². The van der Waals surface area contributed by atoms with E-state index in [2.05, 4.69) is 15.1 Å². The highest BCUT2D eigenvalue weighted by atomic mass is 16.2. The minimum absolute atomic E-state index is 0.134. The van der Waals surface area contributed by atoms with Crippen molar-refractivity contribution in [2.45, 2.75) is 27.3 Å². The van der Waals surface area contributed by atoms with Crippen LogP contribution in [0, 0.1) is 13.8 Å². The molecule has 0 saturated heterocycles. The molecule has 0 radical (unpaired) electrons. The van der Waals surface area contributed by atoms with Crippen LogP contribution in [-0.4, -0.2) is 37.1 Å². The minimum atomic E-state index is -0.205. The van der Waals surface area contributed by atoms with Crippen molar-refractivity contribution in [1.29, 1.82) is 0 Å². The third-order valence-corrected chi connectivity index (χ3v) is 5.18. The highest BCUT2D eigenvalue weighted by Crippen LogP contribution is 2.20. The van der Waals surface area contributed by atoms with Crippen molar-refractivity contribution in [3.05, 3.63) is 87.7 Å². The van der Waals surface area contributed by atoms with Crippen LogP contribution in [-0.2, 0) is 6.54 Å². The zero-order valence-corrected chi connectivity index (χ0v) is 17.2. The molecular weight excluding hydrogens is 378 g/mol. The van der Waals surface area contributed by atoms with Crippen LogP contribution in [0.25, 0.3) is 16.6 Å². The molecule has 1 N–H and O–H groups in total. The number of nitrogens with one attached hydrogen (secondary N) is 1. The van der Waals surface area contributed by atoms with Crippen LogP contribution in [0.4, 0.5) is 0 Å². The number of amides is 1. The van der Waals surface area contributed by atoms with Crippen molar-refractivity contribution >= 4 is 16.8 Å². The zero-order valence-electron chi connectivity index (χ0n) is 17.2. The molecule has 1 amide bonds. The van der Waals surface area contributed by atoms with Gasteiger partial charge in [0, 0.05) is 6.54 Å². The van der Waals surface area contributed by atoms with Crippen LogP contribution in [0.3, 0.4) is 0 Å². The second-order valence-corrected chi connectivity index (χ2v) is 7.14. The van der Waals surface area contributed by atoms with Gasteiger partial charge in [0.25, 0.3) is 11.5 Å². The van der Waals surface area contributed by atoms with Gasteiger partial charge in [-0.2, -0.15) is 5.10 Å². The van der Waals surface area contributed by atoms with Gasteiger partial charge in [0.15, 0.2) is 0 Å². The maximum Gasteiger partial charge on any atom is 0.258 e. The lowest BCUT2D eigenvalue weighted by atomic mass is 10.1. The highest BCUT2D eigenvalue weighted by Gasteiger charge is 2.24. The highest BCUT2D eigenvalue weighted by molar-refractivity contribution is 5.96. The summed E-state index contributed by atoms with van der Waals surface area (Å²) in [7, 11) is 0. The van der Waals surface area contributed by atoms with E-state index in [9.17, 15) is 9.59 Å². The van der Waals surface area contributed by atoms with Gasteiger partial charge in [0.2, 0.25) is 0 Å². The quantitative estimate of drug-likeness (QED) is 0.556. The molecule has 30 heavy (non-hydrogen) atoms. The topological polar surface area (TPSA) is 83.9 Å². The maximum atomic E-state index is 13.4. The number of carbonyl (C=O) groups is 1. The summed E-state index contributed by atoms with van der Waals surface area (Å²) in [6.45, 7) is 6.33. The fourth-order valence-electron chi connectivity index (χ4n) is 3.65. The number of aromatic amines is 1. The molecule has 0 bridgehead atoms. The largest absolute Gasteiger partial charge is 0.331 e. The number of aromatic nitrogens is 4. The lowest BCUT2D eigenvalue weighted by Crippen LogP contribution is -2.32. The van der Waals surface area contributed by atoms with Gasteiger partial charge in [-0.1, -0.05) is 30.3 Å². The first-order chi connectivity index (χ1) is 14.5. The van der Waals surface area contributed by atoms with Crippen molar-refractivity contribution in [2.24, 2.45) is 0 Å². The summed E-state index contributed by atoms with van der Waals surface area (Å²) < 4.78 is 1.78. The van der Waals surface area contributed by atoms with E-state index in [-0.39, 0.29) is 18.0 Å². The molecule has 7 nitrogen and oxygen atoms in total. The molecule has 0 aliphatic heterocycles. The van der Waals surface area contributed by atoms with E-state index in [1.165, 1.54) is 0 Å². The van der Waals surface area contributed by atoms with Gasteiger partial charge < -0.3 is 9.88 Å². The molecule has 0 saturated carbocycles. The molecule has 2 aromatic heterocycles. The van der Waals surface area contributed by atoms with Crippen LogP contribution in [0.5, 0.6) is 0 Å². The average Bonchev–Trinajstić information content (AvgIpc) is 3.06. The number of aryl methyl sites for hydroxylation is 1. The number of hydrogen-bond donors (Lipinski definition) is 1. The molecular formula is C23H23N5O2. The van der Waals surface area contributed by atoms with Gasteiger partial charge in [0.05, 0.1) is 40.1 Å². The molecule has 4 rings (SSSR count). The van der Waals surface area contributed by atoms with Crippen molar-refractivity contribution in [1.82, 2.24) is 24.6 Å². The molecule has 4 aromatic rings. The molecule has 0 atom stereocenters. The number of benzene rings is 2. The summed E-state index contributed by atoms with van der Waals surface area (Å²) >= 11 is 0. The van der Waals surface area contributed by atoms with E-state index in [1.54, 1.807) is 27.8 Å². The van der Waals surface area contributed by atoms with Gasteiger partial charge in [0.1, 0.15) is 5.82 Å². The number of H-pyrrole nitrogens is 1. The van der Waals surface area contributed by atoms with Crippen molar-refractivity contribution in [3.8, 4) is 5.69 Å². The van der Waals surface area contributed by atoms with Crippen LogP contribution in [0.2, 0.25) is 0 Å². The number of para-hydroxylation sites is 2. The summed E-state index contributed by atoms with van der Waals surface area (Å²) in [5, 5.41) is 5.11. The maximum absolute atomic E-state index is 13.4. The van der Waals surface area contributed by atoms with Gasteiger partial charge in [-0.15, -0.1) is 0 Å². The van der Waals surface area contributed by atoms with Crippen molar-refractivity contribution < 1.29 is 4.79 Å². The molecule has 0 aliphatic rings. The van der Waals surface area contributed by atoms with Gasteiger partial charge in [-0.05, 0) is 45.0 Å². The second-order valence-electron chi connectivity index (χ2n) is 7.14. The summed E-state index contributed by atoms with van der Waals surface area (Å²) in [4.78, 5) is 34.7. The van der Waals surface area contributed by atoms with Gasteiger partial charge >= 0.3 is 0 Å². The fraction of sp³-hybridized carbons (Fsp3) is 0.217. The molecule has 0 fully saturated rings. The summed E-state index contributed by atoms with van der Waals surface area (Å²) in [5.74, 6) is 0.324. The molecule has 0 spiro atoms. The Balaban J connectivity index is 1.67. The minimum Gasteiger partial charge on any atom is -0.331 e. The Labute approximate surface area is 174 Å². The smallest absolute Gasteiger partial charge is 0.258 e. The number of rotatable bonds is 5. The van der Waals surface area contributed by atoms with Gasteiger partial charge in [-0.25, -0.2) is 9.67 Å². The Kier molecular flexibility index (Phi) is 5.18. The van der Waals surface area contributed by atoms with Crippen molar-refractivity contribution in [2.75, 3.05) is 6.54 Å². The normalized spacial score (nSPS) is 11.0. The van der Waals surface area contributed by atoms with E-state index in [4.69, 9.17) is 0 Å². The summed E-state index contributed by atoms with van der Waals surface area (Å²) in [5.41, 5.74) is 3.33. The predicted molar refractivity (Wildman–Crippen MR) is 116 cm³/mol. The standard InChI is InChI=1S/C23H23N5O2/c1-4-27(14-20-24-19-13-9-8-12-18(19)22(29)25-20)23(30)21-15(2)26-28(16(21)3)17-10-6-5-7-11-17/h5-13H,4,14H2,1-3H3,(H,24,25,29). The summed E-state index contributed by atoms with van der Waals surface area (Å²) in [6.07, 6.45) is 0. The average molecular weight is 401 g/mol.